The summed E-state index contributed by atoms with van der Waals surface area (Å²) in [6, 6.07) is 21.5. The second-order valence-electron chi connectivity index (χ2n) is 8.71. The van der Waals surface area contributed by atoms with Gasteiger partial charge in [-0.2, -0.15) is 0 Å². The quantitative estimate of drug-likeness (QED) is 0.513. The molecule has 0 saturated carbocycles. The maximum atomic E-state index is 13.1. The van der Waals surface area contributed by atoms with Crippen molar-refractivity contribution in [2.75, 3.05) is 46.6 Å². The van der Waals surface area contributed by atoms with Gasteiger partial charge in [-0.1, -0.05) is 24.3 Å². The summed E-state index contributed by atoms with van der Waals surface area (Å²) >= 11 is 0. The largest absolute Gasteiger partial charge is 0.457 e. The molecule has 3 aromatic carbocycles. The Kier molecular flexibility index (Phi) is 6.92. The molecule has 1 fully saturated rings. The molecule has 0 spiro atoms. The lowest BCUT2D eigenvalue weighted by molar-refractivity contribution is 0.112. The zero-order valence-electron chi connectivity index (χ0n) is 19.6. The van der Waals surface area contributed by atoms with Crippen LogP contribution >= 0.6 is 0 Å². The molecule has 184 valence electrons. The van der Waals surface area contributed by atoms with Crippen LogP contribution in [0.4, 0.5) is 0 Å². The minimum atomic E-state index is -3.71. The Balaban J connectivity index is 1.31. The maximum absolute atomic E-state index is 13.1. The van der Waals surface area contributed by atoms with Crippen LogP contribution in [0.15, 0.2) is 77.7 Å². The average Bonchev–Trinajstić information content (AvgIpc) is 3.34. The molecule has 35 heavy (non-hydrogen) atoms. The monoisotopic (exact) mass is 495 g/mol. The van der Waals surface area contributed by atoms with Gasteiger partial charge in [0.15, 0.2) is 11.5 Å². The first-order valence-corrected chi connectivity index (χ1v) is 13.1. The van der Waals surface area contributed by atoms with Crippen LogP contribution in [0.2, 0.25) is 0 Å². The molecule has 0 aliphatic carbocycles. The molecule has 0 bridgehead atoms. The van der Waals surface area contributed by atoms with Crippen molar-refractivity contribution in [1.82, 2.24) is 14.5 Å². The fourth-order valence-electron chi connectivity index (χ4n) is 4.30. The second kappa shape index (κ2) is 10.2. The first kappa shape index (κ1) is 23.6. The van der Waals surface area contributed by atoms with Crippen molar-refractivity contribution in [3.05, 3.63) is 78.4 Å². The molecule has 2 aliphatic heterocycles. The Morgan fingerprint density at radius 1 is 0.886 bits per heavy atom. The summed E-state index contributed by atoms with van der Waals surface area (Å²) in [5.74, 6) is 2.67. The van der Waals surface area contributed by atoms with E-state index in [9.17, 15) is 8.42 Å². The van der Waals surface area contributed by atoms with Crippen molar-refractivity contribution < 1.29 is 22.6 Å². The molecule has 2 heterocycles. The van der Waals surface area contributed by atoms with E-state index in [4.69, 9.17) is 14.2 Å². The number of ether oxygens (including phenoxy) is 3. The van der Waals surface area contributed by atoms with Crippen LogP contribution in [-0.4, -0.2) is 64.8 Å². The van der Waals surface area contributed by atoms with Gasteiger partial charge in [0.2, 0.25) is 16.8 Å². The van der Waals surface area contributed by atoms with Crippen LogP contribution in [0.1, 0.15) is 11.6 Å². The molecule has 0 amide bonds. The number of fused-ring (bicyclic) bond motifs is 1. The predicted octanol–water partition coefficient (Wildman–Crippen LogP) is 3.47. The molecule has 5 rings (SSSR count). The summed E-state index contributed by atoms with van der Waals surface area (Å²) < 4.78 is 45.9. The predicted molar refractivity (Wildman–Crippen MR) is 133 cm³/mol. The van der Waals surface area contributed by atoms with Gasteiger partial charge in [-0.25, -0.2) is 13.1 Å². The molecule has 1 N–H and O–H groups in total. The van der Waals surface area contributed by atoms with Gasteiger partial charge >= 0.3 is 0 Å². The van der Waals surface area contributed by atoms with E-state index in [1.165, 1.54) is 0 Å². The number of nitrogens with one attached hydrogen (secondary N) is 1. The Labute approximate surface area is 206 Å². The van der Waals surface area contributed by atoms with E-state index in [0.717, 1.165) is 31.7 Å². The van der Waals surface area contributed by atoms with Crippen molar-refractivity contribution in [3.8, 4) is 23.0 Å². The van der Waals surface area contributed by atoms with Crippen molar-refractivity contribution in [2.45, 2.75) is 10.9 Å². The minimum Gasteiger partial charge on any atom is -0.457 e. The summed E-state index contributed by atoms with van der Waals surface area (Å²) in [7, 11) is -1.61. The molecule has 8 nitrogen and oxygen atoms in total. The number of benzene rings is 3. The van der Waals surface area contributed by atoms with Gasteiger partial charge in [-0.05, 0) is 61.1 Å². The van der Waals surface area contributed by atoms with Gasteiger partial charge < -0.3 is 19.1 Å². The Morgan fingerprint density at radius 2 is 1.57 bits per heavy atom. The maximum Gasteiger partial charge on any atom is 0.240 e. The van der Waals surface area contributed by atoms with Gasteiger partial charge in [0.25, 0.3) is 0 Å². The molecule has 1 saturated heterocycles. The highest BCUT2D eigenvalue weighted by molar-refractivity contribution is 7.89. The third kappa shape index (κ3) is 5.59. The zero-order chi connectivity index (χ0) is 24.3. The lowest BCUT2D eigenvalue weighted by Crippen LogP contribution is -2.48. The average molecular weight is 496 g/mol. The van der Waals surface area contributed by atoms with Crippen molar-refractivity contribution in [1.29, 1.82) is 0 Å². The number of sulfonamides is 1. The number of rotatable bonds is 8. The van der Waals surface area contributed by atoms with Crippen LogP contribution < -0.4 is 18.9 Å². The van der Waals surface area contributed by atoms with Crippen LogP contribution in [0.5, 0.6) is 23.0 Å². The highest BCUT2D eigenvalue weighted by Crippen LogP contribution is 2.35. The topological polar surface area (TPSA) is 80.3 Å². The molecule has 9 heteroatoms. The number of para-hydroxylation sites is 1. The number of hydrogen-bond acceptors (Lipinski definition) is 7. The van der Waals surface area contributed by atoms with E-state index >= 15 is 0 Å². The fraction of sp³-hybridized carbons (Fsp3) is 0.308. The third-order valence-corrected chi connectivity index (χ3v) is 7.78. The van der Waals surface area contributed by atoms with E-state index in [0.29, 0.717) is 23.0 Å². The highest BCUT2D eigenvalue weighted by atomic mass is 32.2. The van der Waals surface area contributed by atoms with E-state index in [1.54, 1.807) is 24.3 Å². The number of hydrogen-bond donors (Lipinski definition) is 1. The van der Waals surface area contributed by atoms with E-state index in [1.807, 2.05) is 48.5 Å². The first-order valence-electron chi connectivity index (χ1n) is 11.6. The van der Waals surface area contributed by atoms with E-state index in [2.05, 4.69) is 21.6 Å². The van der Waals surface area contributed by atoms with Crippen molar-refractivity contribution >= 4 is 10.0 Å². The lowest BCUT2D eigenvalue weighted by Gasteiger charge is -2.38. The first-order chi connectivity index (χ1) is 17.0. The fourth-order valence-corrected chi connectivity index (χ4v) is 5.33. The van der Waals surface area contributed by atoms with E-state index in [-0.39, 0.29) is 24.3 Å². The van der Waals surface area contributed by atoms with Crippen LogP contribution in [0.25, 0.3) is 0 Å². The summed E-state index contributed by atoms with van der Waals surface area (Å²) in [6.45, 7) is 4.00. The number of nitrogens with zero attached hydrogens (tertiary/aromatic N) is 2. The molecule has 1 atom stereocenters. The Bertz CT molecular complexity index is 1240. The van der Waals surface area contributed by atoms with Crippen LogP contribution in [0, 0.1) is 0 Å². The summed E-state index contributed by atoms with van der Waals surface area (Å²) in [6.07, 6.45) is 0. The normalized spacial score (nSPS) is 17.3. The molecule has 3 aromatic rings. The number of likely N-dealkylation sites (N-methyl/N-ethyl adjacent to an activating group) is 1. The molecule has 1 unspecified atom stereocenters. The molecule has 0 aromatic heterocycles. The zero-order valence-corrected chi connectivity index (χ0v) is 20.4. The van der Waals surface area contributed by atoms with Gasteiger partial charge in [0.1, 0.15) is 11.5 Å². The molecular weight excluding hydrogens is 466 g/mol. The molecule has 2 aliphatic rings. The lowest BCUT2D eigenvalue weighted by atomic mass is 10.0. The minimum absolute atomic E-state index is 0.131. The van der Waals surface area contributed by atoms with Gasteiger partial charge in [0, 0.05) is 38.8 Å². The van der Waals surface area contributed by atoms with Crippen LogP contribution in [0.3, 0.4) is 0 Å². The van der Waals surface area contributed by atoms with Crippen molar-refractivity contribution in [3.63, 3.8) is 0 Å². The summed E-state index contributed by atoms with van der Waals surface area (Å²) in [5, 5.41) is 0. The third-order valence-electron chi connectivity index (χ3n) is 6.34. The SMILES string of the molecule is CN1CCN(C(CNS(=O)(=O)c2ccc(Oc3ccccc3)cc2)c2ccc3c(c2)OCO3)CC1. The smallest absolute Gasteiger partial charge is 0.240 e. The van der Waals surface area contributed by atoms with E-state index < -0.39 is 10.0 Å². The van der Waals surface area contributed by atoms with Gasteiger partial charge in [0.05, 0.1) is 4.90 Å². The summed E-state index contributed by atoms with van der Waals surface area (Å²) in [5.41, 5.74) is 0.994. The Hall–Kier alpha value is -3.11. The van der Waals surface area contributed by atoms with Crippen LogP contribution in [-0.2, 0) is 10.0 Å². The van der Waals surface area contributed by atoms with Crippen molar-refractivity contribution in [2.24, 2.45) is 0 Å². The Morgan fingerprint density at radius 3 is 2.31 bits per heavy atom. The highest BCUT2D eigenvalue weighted by Gasteiger charge is 2.27. The molecule has 0 radical (unpaired) electrons. The molecular formula is C26H29N3O5S. The van der Waals surface area contributed by atoms with Gasteiger partial charge in [-0.3, -0.25) is 4.90 Å². The number of piperazine rings is 1. The standard InChI is InChI=1S/C26H29N3O5S/c1-28-13-15-29(16-14-28)24(20-7-12-25-26(17-20)33-19-32-25)18-27-35(30,31)23-10-8-22(9-11-23)34-21-5-3-2-4-6-21/h2-12,17,24,27H,13-16,18-19H2,1H3. The summed E-state index contributed by atoms with van der Waals surface area (Å²) in [4.78, 5) is 4.79. The van der Waals surface area contributed by atoms with Gasteiger partial charge in [-0.15, -0.1) is 0 Å². The second-order valence-corrected chi connectivity index (χ2v) is 10.5.